The maximum absolute atomic E-state index is 12.5. The molecule has 2 aliphatic heterocycles. The second-order valence-corrected chi connectivity index (χ2v) is 7.95. The molecule has 2 fully saturated rings. The summed E-state index contributed by atoms with van der Waals surface area (Å²) in [7, 11) is 0. The number of hydrogen-bond donors (Lipinski definition) is 3. The zero-order chi connectivity index (χ0) is 19.2. The minimum Gasteiger partial charge on any atom is -0.354 e. The predicted octanol–water partition coefficient (Wildman–Crippen LogP) is 2.24. The molecular weight excluding hydrogens is 376 g/mol. The van der Waals surface area contributed by atoms with Crippen LogP contribution in [0.3, 0.4) is 0 Å². The zero-order valence-electron chi connectivity index (χ0n) is 16.9. The largest absolute Gasteiger partial charge is 0.354 e. The molecule has 0 bridgehead atoms. The summed E-state index contributed by atoms with van der Waals surface area (Å²) < 4.78 is 0. The van der Waals surface area contributed by atoms with Crippen LogP contribution in [0.2, 0.25) is 0 Å². The molecule has 3 rings (SSSR count). The van der Waals surface area contributed by atoms with Gasteiger partial charge in [-0.1, -0.05) is 18.2 Å². The Hall–Kier alpha value is -1.63. The first-order valence-corrected chi connectivity index (χ1v) is 10.1. The monoisotopic (exact) mass is 408 g/mol. The lowest BCUT2D eigenvalue weighted by molar-refractivity contribution is -0.123. The second-order valence-electron chi connectivity index (χ2n) is 7.95. The topological polar surface area (TPSA) is 73.5 Å². The first-order valence-electron chi connectivity index (χ1n) is 10.1. The van der Waals surface area contributed by atoms with Gasteiger partial charge < -0.3 is 16.0 Å². The van der Waals surface area contributed by atoms with E-state index in [2.05, 4.69) is 20.9 Å². The van der Waals surface area contributed by atoms with Crippen LogP contribution in [-0.2, 0) is 9.59 Å². The molecule has 0 aromatic heterocycles. The minimum atomic E-state index is -0.0205. The van der Waals surface area contributed by atoms with Gasteiger partial charge in [0.15, 0.2) is 0 Å². The van der Waals surface area contributed by atoms with Gasteiger partial charge >= 0.3 is 0 Å². The molecule has 2 amide bonds. The lowest BCUT2D eigenvalue weighted by Gasteiger charge is -2.32. The molecule has 6 nitrogen and oxygen atoms in total. The maximum atomic E-state index is 12.5. The number of nitrogens with one attached hydrogen (secondary N) is 3. The van der Waals surface area contributed by atoms with Crippen molar-refractivity contribution in [3.8, 4) is 0 Å². The van der Waals surface area contributed by atoms with E-state index >= 15 is 0 Å². The van der Waals surface area contributed by atoms with Crippen LogP contribution in [0.4, 0.5) is 5.69 Å². The molecular formula is C21H33ClN4O2. The predicted molar refractivity (Wildman–Crippen MR) is 115 cm³/mol. The van der Waals surface area contributed by atoms with Gasteiger partial charge in [0.25, 0.3) is 0 Å². The molecule has 2 aliphatic rings. The van der Waals surface area contributed by atoms with Crippen LogP contribution in [0.5, 0.6) is 0 Å². The summed E-state index contributed by atoms with van der Waals surface area (Å²) in [4.78, 5) is 26.9. The molecule has 2 unspecified atom stereocenters. The van der Waals surface area contributed by atoms with Crippen LogP contribution in [0.25, 0.3) is 0 Å². The molecule has 7 heteroatoms. The van der Waals surface area contributed by atoms with Gasteiger partial charge in [-0.15, -0.1) is 12.4 Å². The van der Waals surface area contributed by atoms with E-state index < -0.39 is 0 Å². The summed E-state index contributed by atoms with van der Waals surface area (Å²) in [6, 6.07) is 6.01. The highest BCUT2D eigenvalue weighted by Crippen LogP contribution is 2.20. The Balaban J connectivity index is 0.00000280. The standard InChI is InChI=1S/C21H32N4O2.ClH/c1-15-6-3-7-16(2)20(15)24-19(26)14-25-11-5-8-17(13-25)12-23-21(27)18-9-4-10-22-18;/h3,6-7,17-18,22H,4-5,8-14H2,1-2H3,(H,23,27)(H,24,26);1H. The van der Waals surface area contributed by atoms with Crippen LogP contribution in [0.15, 0.2) is 18.2 Å². The average Bonchev–Trinajstić information content (AvgIpc) is 3.18. The highest BCUT2D eigenvalue weighted by molar-refractivity contribution is 5.93. The van der Waals surface area contributed by atoms with Gasteiger partial charge in [0.2, 0.25) is 11.8 Å². The van der Waals surface area contributed by atoms with Crippen molar-refractivity contribution in [2.45, 2.75) is 45.6 Å². The van der Waals surface area contributed by atoms with Gasteiger partial charge in [-0.25, -0.2) is 0 Å². The number of amides is 2. The fourth-order valence-electron chi connectivity index (χ4n) is 4.13. The Bertz CT molecular complexity index is 656. The average molecular weight is 409 g/mol. The number of rotatable bonds is 6. The summed E-state index contributed by atoms with van der Waals surface area (Å²) in [5, 5.41) is 9.40. The molecule has 2 heterocycles. The Morgan fingerprint density at radius 3 is 2.61 bits per heavy atom. The number of benzene rings is 1. The van der Waals surface area contributed by atoms with Crippen molar-refractivity contribution in [3.05, 3.63) is 29.3 Å². The van der Waals surface area contributed by atoms with Gasteiger partial charge in [-0.3, -0.25) is 14.5 Å². The Morgan fingerprint density at radius 1 is 1.18 bits per heavy atom. The lowest BCUT2D eigenvalue weighted by atomic mass is 9.97. The van der Waals surface area contributed by atoms with Crippen LogP contribution in [0, 0.1) is 19.8 Å². The summed E-state index contributed by atoms with van der Waals surface area (Å²) in [5.41, 5.74) is 3.10. The molecule has 0 aliphatic carbocycles. The van der Waals surface area contributed by atoms with Crippen LogP contribution in [0.1, 0.15) is 36.8 Å². The number of nitrogens with zero attached hydrogens (tertiary/aromatic N) is 1. The van der Waals surface area contributed by atoms with Crippen LogP contribution in [-0.4, -0.2) is 55.5 Å². The summed E-state index contributed by atoms with van der Waals surface area (Å²) in [6.45, 7) is 7.87. The van der Waals surface area contributed by atoms with E-state index in [0.29, 0.717) is 19.0 Å². The summed E-state index contributed by atoms with van der Waals surface area (Å²) in [6.07, 6.45) is 4.18. The Labute approximate surface area is 174 Å². The third-order valence-corrected chi connectivity index (χ3v) is 5.66. The molecule has 0 saturated carbocycles. The smallest absolute Gasteiger partial charge is 0.238 e. The van der Waals surface area contributed by atoms with E-state index in [1.165, 1.54) is 0 Å². The number of halogens is 1. The quantitative estimate of drug-likeness (QED) is 0.675. The number of carbonyl (C=O) groups is 2. The van der Waals surface area contributed by atoms with Crippen LogP contribution < -0.4 is 16.0 Å². The maximum Gasteiger partial charge on any atom is 0.238 e. The van der Waals surface area contributed by atoms with Crippen molar-refractivity contribution in [2.75, 3.05) is 38.0 Å². The van der Waals surface area contributed by atoms with Crippen molar-refractivity contribution >= 4 is 29.9 Å². The number of anilines is 1. The van der Waals surface area contributed by atoms with E-state index in [9.17, 15) is 9.59 Å². The van der Waals surface area contributed by atoms with E-state index in [1.807, 2.05) is 32.0 Å². The van der Waals surface area contributed by atoms with Crippen molar-refractivity contribution < 1.29 is 9.59 Å². The molecule has 0 radical (unpaired) electrons. The van der Waals surface area contributed by atoms with Crippen molar-refractivity contribution in [1.29, 1.82) is 0 Å². The number of likely N-dealkylation sites (tertiary alicyclic amines) is 1. The fraction of sp³-hybridized carbons (Fsp3) is 0.619. The SMILES string of the molecule is Cc1cccc(C)c1NC(=O)CN1CCCC(CNC(=O)C2CCCN2)C1.Cl. The third-order valence-electron chi connectivity index (χ3n) is 5.66. The molecule has 0 spiro atoms. The zero-order valence-corrected chi connectivity index (χ0v) is 17.7. The minimum absolute atomic E-state index is 0. The van der Waals surface area contributed by atoms with Gasteiger partial charge in [0.05, 0.1) is 12.6 Å². The molecule has 156 valence electrons. The number of hydrogen-bond acceptors (Lipinski definition) is 4. The highest BCUT2D eigenvalue weighted by atomic mass is 35.5. The van der Waals surface area contributed by atoms with Gasteiger partial charge in [0.1, 0.15) is 0 Å². The number of piperidine rings is 1. The van der Waals surface area contributed by atoms with E-state index in [1.54, 1.807) is 0 Å². The van der Waals surface area contributed by atoms with Crippen molar-refractivity contribution in [3.63, 3.8) is 0 Å². The first-order chi connectivity index (χ1) is 13.0. The van der Waals surface area contributed by atoms with Gasteiger partial charge in [0, 0.05) is 18.8 Å². The molecule has 1 aromatic rings. The molecule has 3 N–H and O–H groups in total. The van der Waals surface area contributed by atoms with E-state index in [4.69, 9.17) is 0 Å². The van der Waals surface area contributed by atoms with E-state index in [0.717, 1.165) is 62.1 Å². The number of aryl methyl sites for hydroxylation is 2. The first kappa shape index (κ1) is 22.7. The highest BCUT2D eigenvalue weighted by Gasteiger charge is 2.25. The van der Waals surface area contributed by atoms with Gasteiger partial charge in [-0.2, -0.15) is 0 Å². The Morgan fingerprint density at radius 2 is 1.93 bits per heavy atom. The van der Waals surface area contributed by atoms with E-state index in [-0.39, 0.29) is 30.3 Å². The Kier molecular flexibility index (Phi) is 8.73. The molecule has 1 aromatic carbocycles. The summed E-state index contributed by atoms with van der Waals surface area (Å²) >= 11 is 0. The number of carbonyl (C=O) groups excluding carboxylic acids is 2. The third kappa shape index (κ3) is 6.19. The van der Waals surface area contributed by atoms with Gasteiger partial charge in [-0.05, 0) is 69.7 Å². The normalized spacial score (nSPS) is 22.4. The summed E-state index contributed by atoms with van der Waals surface area (Å²) in [5.74, 6) is 0.571. The van der Waals surface area contributed by atoms with Crippen LogP contribution >= 0.6 is 12.4 Å². The number of para-hydroxylation sites is 1. The van der Waals surface area contributed by atoms with Crippen molar-refractivity contribution in [2.24, 2.45) is 5.92 Å². The molecule has 2 atom stereocenters. The molecule has 28 heavy (non-hydrogen) atoms. The van der Waals surface area contributed by atoms with Crippen molar-refractivity contribution in [1.82, 2.24) is 15.5 Å². The lowest BCUT2D eigenvalue weighted by Crippen LogP contribution is -2.46. The molecule has 2 saturated heterocycles. The second kappa shape index (κ2) is 10.8. The fourth-order valence-corrected chi connectivity index (χ4v) is 4.13.